The van der Waals surface area contributed by atoms with Crippen LogP contribution in [-0.2, 0) is 9.59 Å². The zero-order valence-corrected chi connectivity index (χ0v) is 28.4. The van der Waals surface area contributed by atoms with Gasteiger partial charge >= 0.3 is 0 Å². The van der Waals surface area contributed by atoms with Crippen molar-refractivity contribution in [1.29, 1.82) is 0 Å². The highest BCUT2D eigenvalue weighted by Gasteiger charge is 2.26. The van der Waals surface area contributed by atoms with E-state index in [1.807, 2.05) is 35.6 Å². The summed E-state index contributed by atoms with van der Waals surface area (Å²) in [6.45, 7) is 17.8. The average Bonchev–Trinajstić information content (AvgIpc) is 3.71. The molecule has 0 unspecified atom stereocenters. The van der Waals surface area contributed by atoms with Crippen molar-refractivity contribution in [3.63, 3.8) is 0 Å². The maximum Gasteiger partial charge on any atom is 0.253 e. The molecule has 0 aliphatic heterocycles. The monoisotopic (exact) mass is 620 g/mol. The standard InChI is InChI=1S/C38H40N2O2S2/c1-22(2)37(41)39(8)29-17-13-27(14-18-29)35-24(5)33(21-43-35)31-11-10-12-32(31)34-25(6)36(44-26(34)7)28-15-19-30(20-16-28)40(9)38(42)23(3)4/h13-21H,1,3,10-12H2,2,4-9H3. The van der Waals surface area contributed by atoms with Crippen LogP contribution in [0.2, 0.25) is 0 Å². The summed E-state index contributed by atoms with van der Waals surface area (Å²) in [5.74, 6) is -0.148. The van der Waals surface area contributed by atoms with Gasteiger partial charge in [0.15, 0.2) is 0 Å². The molecule has 0 bridgehead atoms. The molecule has 0 saturated carbocycles. The lowest BCUT2D eigenvalue weighted by Gasteiger charge is -2.17. The van der Waals surface area contributed by atoms with Gasteiger partial charge in [0, 0.05) is 51.2 Å². The zero-order valence-electron chi connectivity index (χ0n) is 26.8. The van der Waals surface area contributed by atoms with Crippen LogP contribution in [0, 0.1) is 20.8 Å². The first-order chi connectivity index (χ1) is 20.9. The molecule has 0 N–H and O–H groups in total. The number of thiophene rings is 2. The molecule has 0 fully saturated rings. The molecule has 4 nitrogen and oxygen atoms in total. The summed E-state index contributed by atoms with van der Waals surface area (Å²) in [5, 5.41) is 2.33. The Bertz CT molecular complexity index is 1820. The summed E-state index contributed by atoms with van der Waals surface area (Å²) < 4.78 is 0. The lowest BCUT2D eigenvalue weighted by molar-refractivity contribution is -0.115. The number of rotatable bonds is 8. The van der Waals surface area contributed by atoms with Crippen LogP contribution in [0.15, 0.2) is 78.2 Å². The first-order valence-electron chi connectivity index (χ1n) is 14.9. The number of nitrogens with zero attached hydrogens (tertiary/aromatic N) is 2. The largest absolute Gasteiger partial charge is 0.312 e. The fourth-order valence-electron chi connectivity index (χ4n) is 6.17. The SMILES string of the molecule is C=C(C)C(=O)N(C)c1ccc(-c2scc(C3=C(c4c(C)sc(-c5ccc(N(C)C(=O)C(=C)C)cc5)c4C)CCC3)c2C)cc1. The molecule has 1 aliphatic carbocycles. The first-order valence-corrected chi connectivity index (χ1v) is 16.6. The Kier molecular flexibility index (Phi) is 8.96. The fourth-order valence-corrected chi connectivity index (χ4v) is 8.48. The molecule has 2 aromatic carbocycles. The van der Waals surface area contributed by atoms with Crippen molar-refractivity contribution in [3.05, 3.63) is 105 Å². The number of allylic oxidation sites excluding steroid dienone is 2. The molecule has 2 heterocycles. The van der Waals surface area contributed by atoms with Crippen LogP contribution in [0.1, 0.15) is 60.2 Å². The Morgan fingerprint density at radius 1 is 0.705 bits per heavy atom. The van der Waals surface area contributed by atoms with Crippen molar-refractivity contribution in [2.75, 3.05) is 23.9 Å². The van der Waals surface area contributed by atoms with Crippen LogP contribution in [0.25, 0.3) is 32.0 Å². The molecule has 0 saturated heterocycles. The molecule has 2 amide bonds. The number of benzene rings is 2. The van der Waals surface area contributed by atoms with Gasteiger partial charge in [0.1, 0.15) is 0 Å². The Morgan fingerprint density at radius 3 is 1.68 bits per heavy atom. The molecule has 2 aromatic heterocycles. The molecule has 0 spiro atoms. The van der Waals surface area contributed by atoms with Crippen LogP contribution < -0.4 is 9.80 Å². The topological polar surface area (TPSA) is 40.6 Å². The minimum atomic E-state index is -0.0742. The second-order valence-electron chi connectivity index (χ2n) is 11.8. The predicted molar refractivity (Wildman–Crippen MR) is 191 cm³/mol. The Balaban J connectivity index is 1.46. The van der Waals surface area contributed by atoms with E-state index in [1.54, 1.807) is 49.1 Å². The molecule has 6 heteroatoms. The van der Waals surface area contributed by atoms with Crippen LogP contribution >= 0.6 is 22.7 Å². The molecular weight excluding hydrogens is 581 g/mol. The smallest absolute Gasteiger partial charge is 0.253 e. The maximum absolute atomic E-state index is 12.4. The molecule has 0 atom stereocenters. The lowest BCUT2D eigenvalue weighted by atomic mass is 9.92. The minimum absolute atomic E-state index is 0.0736. The number of likely N-dealkylation sites (N-methyl/N-ethyl adjacent to an activating group) is 2. The zero-order chi connectivity index (χ0) is 31.9. The first kappa shape index (κ1) is 31.4. The molecule has 4 aromatic rings. The Labute approximate surface area is 269 Å². The molecule has 226 valence electrons. The third kappa shape index (κ3) is 5.76. The van der Waals surface area contributed by atoms with E-state index in [9.17, 15) is 9.59 Å². The highest BCUT2D eigenvalue weighted by Crippen LogP contribution is 2.49. The van der Waals surface area contributed by atoms with Gasteiger partial charge in [0.2, 0.25) is 0 Å². The number of anilines is 2. The third-order valence-electron chi connectivity index (χ3n) is 8.58. The predicted octanol–water partition coefficient (Wildman–Crippen LogP) is 10.2. The number of hydrogen-bond acceptors (Lipinski definition) is 4. The number of carbonyl (C=O) groups is 2. The van der Waals surface area contributed by atoms with Crippen LogP contribution in [0.3, 0.4) is 0 Å². The maximum atomic E-state index is 12.4. The van der Waals surface area contributed by atoms with Gasteiger partial charge in [-0.15, -0.1) is 22.7 Å². The van der Waals surface area contributed by atoms with E-state index in [0.29, 0.717) is 11.1 Å². The molecular formula is C38H40N2O2S2. The van der Waals surface area contributed by atoms with Gasteiger partial charge in [0.25, 0.3) is 11.8 Å². The average molecular weight is 621 g/mol. The quantitative estimate of drug-likeness (QED) is 0.184. The van der Waals surface area contributed by atoms with E-state index in [4.69, 9.17) is 0 Å². The molecule has 1 aliphatic rings. The van der Waals surface area contributed by atoms with Crippen molar-refractivity contribution >= 4 is 57.0 Å². The molecule has 44 heavy (non-hydrogen) atoms. The minimum Gasteiger partial charge on any atom is -0.312 e. The van der Waals surface area contributed by atoms with Crippen LogP contribution in [0.5, 0.6) is 0 Å². The Morgan fingerprint density at radius 2 is 1.18 bits per heavy atom. The fraction of sp³-hybridized carbons (Fsp3) is 0.263. The van der Waals surface area contributed by atoms with Crippen molar-refractivity contribution in [2.24, 2.45) is 0 Å². The van der Waals surface area contributed by atoms with E-state index in [-0.39, 0.29) is 11.8 Å². The number of carbonyl (C=O) groups excluding carboxylic acids is 2. The van der Waals surface area contributed by atoms with Crippen LogP contribution in [-0.4, -0.2) is 25.9 Å². The number of aryl methyl sites for hydroxylation is 1. The van der Waals surface area contributed by atoms with Gasteiger partial charge in [-0.2, -0.15) is 0 Å². The second-order valence-corrected chi connectivity index (χ2v) is 13.9. The van der Waals surface area contributed by atoms with Crippen LogP contribution in [0.4, 0.5) is 11.4 Å². The van der Waals surface area contributed by atoms with Gasteiger partial charge in [0.05, 0.1) is 0 Å². The van der Waals surface area contributed by atoms with E-state index in [1.165, 1.54) is 59.2 Å². The lowest BCUT2D eigenvalue weighted by Crippen LogP contribution is -2.26. The number of amides is 2. The highest BCUT2D eigenvalue weighted by molar-refractivity contribution is 7.16. The summed E-state index contributed by atoms with van der Waals surface area (Å²) in [6, 6.07) is 16.5. The van der Waals surface area contributed by atoms with E-state index in [0.717, 1.165) is 30.6 Å². The van der Waals surface area contributed by atoms with Crippen molar-refractivity contribution < 1.29 is 9.59 Å². The summed E-state index contributed by atoms with van der Waals surface area (Å²) in [7, 11) is 3.58. The van der Waals surface area contributed by atoms with Gasteiger partial charge in [-0.05, 0) is 128 Å². The van der Waals surface area contributed by atoms with Crippen molar-refractivity contribution in [1.82, 2.24) is 0 Å². The van der Waals surface area contributed by atoms with Gasteiger partial charge < -0.3 is 9.80 Å². The summed E-state index contributed by atoms with van der Waals surface area (Å²) in [4.78, 5) is 32.0. The normalized spacial score (nSPS) is 12.9. The van der Waals surface area contributed by atoms with E-state index < -0.39 is 0 Å². The summed E-state index contributed by atoms with van der Waals surface area (Å²) in [5.41, 5.74) is 13.5. The molecule has 0 radical (unpaired) electrons. The number of hydrogen-bond donors (Lipinski definition) is 0. The van der Waals surface area contributed by atoms with Gasteiger partial charge in [-0.25, -0.2) is 0 Å². The molecule has 5 rings (SSSR count). The second kappa shape index (κ2) is 12.5. The third-order valence-corrected chi connectivity index (χ3v) is 11.0. The van der Waals surface area contributed by atoms with E-state index in [2.05, 4.69) is 63.6 Å². The Hall–Kier alpha value is -4.00. The highest BCUT2D eigenvalue weighted by atomic mass is 32.1. The van der Waals surface area contributed by atoms with Crippen molar-refractivity contribution in [2.45, 2.75) is 53.9 Å². The van der Waals surface area contributed by atoms with E-state index >= 15 is 0 Å². The summed E-state index contributed by atoms with van der Waals surface area (Å²) >= 11 is 3.65. The van der Waals surface area contributed by atoms with Gasteiger partial charge in [-0.3, -0.25) is 9.59 Å². The van der Waals surface area contributed by atoms with Crippen molar-refractivity contribution in [3.8, 4) is 20.9 Å². The summed E-state index contributed by atoms with van der Waals surface area (Å²) in [6.07, 6.45) is 3.33. The van der Waals surface area contributed by atoms with Gasteiger partial charge in [-0.1, -0.05) is 37.4 Å².